The Labute approximate surface area is 174 Å². The molecule has 0 aliphatic carbocycles. The summed E-state index contributed by atoms with van der Waals surface area (Å²) in [6.07, 6.45) is 18.9. The van der Waals surface area contributed by atoms with Crippen molar-refractivity contribution in [2.24, 2.45) is 0 Å². The van der Waals surface area contributed by atoms with Crippen molar-refractivity contribution >= 4 is 47.6 Å². The van der Waals surface area contributed by atoms with Gasteiger partial charge in [-0.2, -0.15) is 0 Å². The van der Waals surface area contributed by atoms with Crippen molar-refractivity contribution in [2.75, 3.05) is 0 Å². The van der Waals surface area contributed by atoms with Crippen LogP contribution in [0.3, 0.4) is 0 Å². The minimum absolute atomic E-state index is 0.414. The molecule has 1 heterocycles. The predicted molar refractivity (Wildman–Crippen MR) is 109 cm³/mol. The standard InChI is InChI=1S/C13H27.C4H9.C3H2NO.2Sn/c1-4-7-10-13(11-8-5-2)12-9-6-3;1-3-4-2;1-2-5-3-4-1;;/h4-12H2,1-3H3;1,3-4H2,2H3;1-2H;;. The molecule has 5 radical (unpaired) electrons. The van der Waals surface area contributed by atoms with Crippen molar-refractivity contribution in [3.8, 4) is 0 Å². The van der Waals surface area contributed by atoms with Gasteiger partial charge >= 0.3 is 176 Å². The predicted octanol–water partition coefficient (Wildman–Crippen LogP) is 6.11. The van der Waals surface area contributed by atoms with E-state index in [1.807, 2.05) is 0 Å². The minimum atomic E-state index is -0.414. The van der Waals surface area contributed by atoms with Gasteiger partial charge in [-0.05, 0) is 0 Å². The van der Waals surface area contributed by atoms with Crippen LogP contribution in [0.1, 0.15) is 98.3 Å². The van der Waals surface area contributed by atoms with E-state index in [1.54, 1.807) is 35.0 Å². The Hall–Kier alpha value is 0.807. The summed E-state index contributed by atoms with van der Waals surface area (Å²) < 4.78 is 8.29. The van der Waals surface area contributed by atoms with E-state index in [4.69, 9.17) is 4.42 Å². The van der Waals surface area contributed by atoms with E-state index in [1.165, 1.54) is 75.1 Å². The first-order valence-electron chi connectivity index (χ1n) is 10.00. The maximum atomic E-state index is 5.14. The number of rotatable bonds is 13. The molecule has 1 aromatic rings. The molecule has 0 aliphatic rings. The maximum absolute atomic E-state index is 5.14. The zero-order valence-electron chi connectivity index (χ0n) is 16.5. The molecule has 1 rings (SSSR count). The second kappa shape index (κ2) is 17.2. The van der Waals surface area contributed by atoms with Gasteiger partial charge in [-0.15, -0.1) is 0 Å². The Morgan fingerprint density at radius 3 is 1.79 bits per heavy atom. The van der Waals surface area contributed by atoms with Crippen LogP contribution in [-0.4, -0.2) is 48.7 Å². The number of aromatic nitrogens is 1. The molecule has 0 unspecified atom stereocenters. The molecule has 0 atom stereocenters. The van der Waals surface area contributed by atoms with Crippen molar-refractivity contribution in [3.05, 3.63) is 12.5 Å². The van der Waals surface area contributed by atoms with Gasteiger partial charge in [-0.3, -0.25) is 0 Å². The molecule has 0 amide bonds. The van der Waals surface area contributed by atoms with Gasteiger partial charge in [0.25, 0.3) is 0 Å². The normalized spacial score (nSPS) is 11.2. The van der Waals surface area contributed by atoms with E-state index < -0.39 is 21.1 Å². The Kier molecular flexibility index (Phi) is 17.8. The molecule has 0 bridgehead atoms. The molecule has 1 aromatic heterocycles. The van der Waals surface area contributed by atoms with E-state index >= 15 is 0 Å². The van der Waals surface area contributed by atoms with Crippen molar-refractivity contribution in [3.63, 3.8) is 0 Å². The van der Waals surface area contributed by atoms with Crippen LogP contribution >= 0.6 is 0 Å². The summed E-state index contributed by atoms with van der Waals surface area (Å²) in [5.41, 5.74) is 0. The second-order valence-electron chi connectivity index (χ2n) is 6.71. The van der Waals surface area contributed by atoms with Crippen LogP contribution in [0.5, 0.6) is 0 Å². The van der Waals surface area contributed by atoms with E-state index in [2.05, 4.69) is 32.7 Å². The third kappa shape index (κ3) is 14.0. The zero-order chi connectivity index (χ0) is 18.1. The summed E-state index contributed by atoms with van der Waals surface area (Å²) in [5, 5.41) is 0. The fraction of sp³-hybridized carbons (Fsp3) is 0.850. The third-order valence-electron chi connectivity index (χ3n) is 4.27. The second-order valence-corrected chi connectivity index (χ2v) is 13.4. The average molecular weight is 546 g/mol. The monoisotopic (exact) mass is 548 g/mol. The Morgan fingerprint density at radius 1 is 0.917 bits per heavy atom. The molecule has 0 aromatic carbocycles. The van der Waals surface area contributed by atoms with E-state index in [9.17, 15) is 0 Å². The molecule has 4 heteroatoms. The zero-order valence-corrected chi connectivity index (χ0v) is 22.2. The van der Waals surface area contributed by atoms with Crippen molar-refractivity contribution in [2.45, 2.75) is 106 Å². The summed E-state index contributed by atoms with van der Waals surface area (Å²) in [6.45, 7) is 9.16. The van der Waals surface area contributed by atoms with Crippen LogP contribution < -0.4 is 3.91 Å². The van der Waals surface area contributed by atoms with Gasteiger partial charge in [0.2, 0.25) is 0 Å². The molecule has 137 valence electrons. The molecule has 0 saturated carbocycles. The molecular formula is C20H38NOSn2. The Morgan fingerprint density at radius 2 is 1.42 bits per heavy atom. The summed E-state index contributed by atoms with van der Waals surface area (Å²) >= 11 is 1.38. The van der Waals surface area contributed by atoms with E-state index in [0.717, 1.165) is 7.34 Å². The van der Waals surface area contributed by atoms with Gasteiger partial charge in [0.15, 0.2) is 0 Å². The van der Waals surface area contributed by atoms with Crippen molar-refractivity contribution in [1.82, 2.24) is 4.98 Å². The summed E-state index contributed by atoms with van der Waals surface area (Å²) in [4.78, 5) is 4.10. The molecule has 0 N–H and O–H groups in total. The molecule has 24 heavy (non-hydrogen) atoms. The van der Waals surface area contributed by atoms with Crippen molar-refractivity contribution in [1.29, 1.82) is 0 Å². The molecule has 0 saturated heterocycles. The molecule has 0 fully saturated rings. The van der Waals surface area contributed by atoms with Crippen LogP contribution in [0, 0.1) is 0 Å². The fourth-order valence-corrected chi connectivity index (χ4v) is 7.15. The van der Waals surface area contributed by atoms with E-state index in [0.29, 0.717) is 0 Å². The van der Waals surface area contributed by atoms with Gasteiger partial charge in [-0.25, -0.2) is 0 Å². The Bertz CT molecular complexity index is 333. The fourth-order valence-electron chi connectivity index (χ4n) is 2.60. The van der Waals surface area contributed by atoms with Gasteiger partial charge in [0, 0.05) is 0 Å². The topological polar surface area (TPSA) is 26.0 Å². The van der Waals surface area contributed by atoms with Crippen LogP contribution in [0.15, 0.2) is 16.9 Å². The first-order valence-corrected chi connectivity index (χ1v) is 14.9. The van der Waals surface area contributed by atoms with Gasteiger partial charge < -0.3 is 0 Å². The summed E-state index contributed by atoms with van der Waals surface area (Å²) in [7, 11) is 0. The van der Waals surface area contributed by atoms with Crippen LogP contribution in [-0.2, 0) is 0 Å². The van der Waals surface area contributed by atoms with E-state index in [-0.39, 0.29) is 0 Å². The van der Waals surface area contributed by atoms with Gasteiger partial charge in [-0.1, -0.05) is 0 Å². The number of hydrogen-bond donors (Lipinski definition) is 0. The third-order valence-corrected chi connectivity index (χ3v) is 9.70. The van der Waals surface area contributed by atoms with Crippen LogP contribution in [0.2, 0.25) is 7.87 Å². The Balaban J connectivity index is 0.000000463. The van der Waals surface area contributed by atoms with Crippen molar-refractivity contribution < 1.29 is 4.42 Å². The quantitative estimate of drug-likeness (QED) is 0.221. The molecule has 0 aliphatic heterocycles. The number of oxazole rings is 1. The average Bonchev–Trinajstić information content (AvgIpc) is 3.11. The SMILES string of the molecule is CCCC[C]([Sn])(CCCC)CCCC.CCC[CH2][Sn][c]1ncco1. The molecule has 0 spiro atoms. The first kappa shape index (κ1) is 24.8. The molecular weight excluding hydrogens is 508 g/mol. The van der Waals surface area contributed by atoms with Crippen LogP contribution in [0.25, 0.3) is 0 Å². The van der Waals surface area contributed by atoms with Gasteiger partial charge in [0.05, 0.1) is 0 Å². The summed E-state index contributed by atoms with van der Waals surface area (Å²) in [5.74, 6) is 0. The summed E-state index contributed by atoms with van der Waals surface area (Å²) in [6, 6.07) is 0. The van der Waals surface area contributed by atoms with Crippen LogP contribution in [0.4, 0.5) is 0 Å². The molecule has 2 nitrogen and oxygen atoms in total. The number of nitrogens with zero attached hydrogens (tertiary/aromatic N) is 1. The number of unbranched alkanes of at least 4 members (excludes halogenated alkanes) is 4. The first-order chi connectivity index (χ1) is 11.6. The van der Waals surface area contributed by atoms with Gasteiger partial charge in [0.1, 0.15) is 0 Å². The number of hydrogen-bond acceptors (Lipinski definition) is 2.